The van der Waals surface area contributed by atoms with E-state index in [0.717, 1.165) is 17.9 Å². The van der Waals surface area contributed by atoms with E-state index >= 15 is 0 Å². The van der Waals surface area contributed by atoms with Crippen molar-refractivity contribution < 1.29 is 4.21 Å². The van der Waals surface area contributed by atoms with Crippen molar-refractivity contribution >= 4 is 28.0 Å². The van der Waals surface area contributed by atoms with Crippen molar-refractivity contribution in [2.75, 3.05) is 18.6 Å². The minimum atomic E-state index is -0.747. The molecule has 0 aliphatic carbocycles. The van der Waals surface area contributed by atoms with Crippen LogP contribution in [0.5, 0.6) is 0 Å². The number of nitrogens with zero attached hydrogens (tertiary/aromatic N) is 2. The molecule has 0 bridgehead atoms. The summed E-state index contributed by atoms with van der Waals surface area (Å²) in [5, 5.41) is 3.90. The molecule has 0 aliphatic rings. The van der Waals surface area contributed by atoms with Crippen LogP contribution in [0.2, 0.25) is 5.02 Å². The van der Waals surface area contributed by atoms with Crippen LogP contribution in [0, 0.1) is 0 Å². The number of halogens is 1. The Kier molecular flexibility index (Phi) is 4.15. The van der Waals surface area contributed by atoms with Gasteiger partial charge in [0.2, 0.25) is 0 Å². The molecule has 2 aromatic rings. The maximum absolute atomic E-state index is 10.9. The summed E-state index contributed by atoms with van der Waals surface area (Å²) in [6.45, 7) is 1.41. The minimum absolute atomic E-state index is 0.666. The molecule has 1 atom stereocenters. The highest BCUT2D eigenvalue weighted by molar-refractivity contribution is 7.84. The van der Waals surface area contributed by atoms with Gasteiger partial charge in [-0.15, -0.1) is 0 Å². The third-order valence-corrected chi connectivity index (χ3v) is 3.34. The summed E-state index contributed by atoms with van der Waals surface area (Å²) in [5.41, 5.74) is 1.83. The van der Waals surface area contributed by atoms with Crippen LogP contribution in [0.1, 0.15) is 5.69 Å². The van der Waals surface area contributed by atoms with Gasteiger partial charge in [0.25, 0.3) is 0 Å². The first-order valence-corrected chi connectivity index (χ1v) is 7.39. The van der Waals surface area contributed by atoms with E-state index in [1.54, 1.807) is 6.26 Å². The zero-order valence-electron chi connectivity index (χ0n) is 9.52. The quantitative estimate of drug-likeness (QED) is 0.838. The molecule has 6 heteroatoms. The predicted octanol–water partition coefficient (Wildman–Crippen LogP) is 1.46. The first kappa shape index (κ1) is 12.5. The molecule has 0 saturated carbocycles. The number of hydrogen-bond donors (Lipinski definition) is 1. The molecule has 2 heterocycles. The first-order chi connectivity index (χ1) is 8.15. The highest BCUT2D eigenvalue weighted by Gasteiger charge is 2.01. The first-order valence-electron chi connectivity index (χ1n) is 5.29. The number of imidazole rings is 1. The maximum Gasteiger partial charge on any atom is 0.137 e. The zero-order chi connectivity index (χ0) is 12.3. The summed E-state index contributed by atoms with van der Waals surface area (Å²) < 4.78 is 12.8. The van der Waals surface area contributed by atoms with Crippen LogP contribution in [0.3, 0.4) is 0 Å². The third kappa shape index (κ3) is 3.52. The molecule has 0 spiro atoms. The summed E-state index contributed by atoms with van der Waals surface area (Å²) in [6.07, 6.45) is 5.47. The number of nitrogens with one attached hydrogen (secondary N) is 1. The van der Waals surface area contributed by atoms with Gasteiger partial charge in [0.1, 0.15) is 5.65 Å². The largest absolute Gasteiger partial charge is 0.310 e. The van der Waals surface area contributed by atoms with Crippen molar-refractivity contribution in [1.82, 2.24) is 14.7 Å². The normalized spacial score (nSPS) is 13.1. The van der Waals surface area contributed by atoms with E-state index < -0.39 is 10.8 Å². The fourth-order valence-electron chi connectivity index (χ4n) is 1.53. The van der Waals surface area contributed by atoms with Crippen LogP contribution < -0.4 is 5.32 Å². The van der Waals surface area contributed by atoms with Crippen LogP contribution in [-0.4, -0.2) is 32.1 Å². The topological polar surface area (TPSA) is 46.4 Å². The molecular weight excluding hydrogens is 258 g/mol. The van der Waals surface area contributed by atoms with Gasteiger partial charge in [-0.25, -0.2) is 4.98 Å². The molecule has 92 valence electrons. The average molecular weight is 272 g/mol. The average Bonchev–Trinajstić information content (AvgIpc) is 2.66. The smallest absolute Gasteiger partial charge is 0.137 e. The highest BCUT2D eigenvalue weighted by Crippen LogP contribution is 2.11. The fraction of sp³-hybridized carbons (Fsp3) is 0.364. The molecule has 1 N–H and O–H groups in total. The summed E-state index contributed by atoms with van der Waals surface area (Å²) in [5.74, 6) is 0.666. The van der Waals surface area contributed by atoms with Gasteiger partial charge in [0, 0.05) is 48.3 Å². The van der Waals surface area contributed by atoms with E-state index in [0.29, 0.717) is 17.3 Å². The van der Waals surface area contributed by atoms with Crippen molar-refractivity contribution in [2.45, 2.75) is 6.54 Å². The van der Waals surface area contributed by atoms with Crippen molar-refractivity contribution in [1.29, 1.82) is 0 Å². The van der Waals surface area contributed by atoms with Gasteiger partial charge >= 0.3 is 0 Å². The third-order valence-electron chi connectivity index (χ3n) is 2.34. The molecule has 0 aliphatic heterocycles. The molecule has 0 aromatic carbocycles. The Morgan fingerprint density at radius 1 is 1.47 bits per heavy atom. The molecule has 4 nitrogen and oxygen atoms in total. The Morgan fingerprint density at radius 2 is 2.29 bits per heavy atom. The Morgan fingerprint density at radius 3 is 3.06 bits per heavy atom. The second-order valence-corrected chi connectivity index (χ2v) is 5.79. The molecule has 0 saturated heterocycles. The monoisotopic (exact) mass is 271 g/mol. The summed E-state index contributed by atoms with van der Waals surface area (Å²) >= 11 is 5.89. The highest BCUT2D eigenvalue weighted by atomic mass is 35.5. The Balaban J connectivity index is 1.97. The summed E-state index contributed by atoms with van der Waals surface area (Å²) in [4.78, 5) is 4.44. The molecule has 17 heavy (non-hydrogen) atoms. The summed E-state index contributed by atoms with van der Waals surface area (Å²) in [6, 6.07) is 3.70. The van der Waals surface area contributed by atoms with Crippen molar-refractivity contribution in [3.05, 3.63) is 35.2 Å². The number of hydrogen-bond acceptors (Lipinski definition) is 3. The fourth-order valence-corrected chi connectivity index (χ4v) is 2.13. The van der Waals surface area contributed by atoms with E-state index in [4.69, 9.17) is 11.6 Å². The van der Waals surface area contributed by atoms with Crippen LogP contribution >= 0.6 is 11.6 Å². The van der Waals surface area contributed by atoms with Crippen LogP contribution in [0.4, 0.5) is 0 Å². The Labute approximate surface area is 107 Å². The predicted molar refractivity (Wildman–Crippen MR) is 70.8 cm³/mol. The van der Waals surface area contributed by atoms with Gasteiger partial charge in [-0.2, -0.15) is 0 Å². The molecule has 0 radical (unpaired) electrons. The van der Waals surface area contributed by atoms with Gasteiger partial charge in [0.15, 0.2) is 0 Å². The molecule has 0 amide bonds. The zero-order valence-corrected chi connectivity index (χ0v) is 11.1. The Bertz CT molecular complexity index is 540. The molecule has 0 fully saturated rings. The molecule has 2 rings (SSSR count). The molecular formula is C11H14ClN3OS. The van der Waals surface area contributed by atoms with E-state index in [1.807, 2.05) is 28.9 Å². The lowest BCUT2D eigenvalue weighted by Gasteiger charge is -1.99. The van der Waals surface area contributed by atoms with Crippen molar-refractivity contribution in [2.24, 2.45) is 0 Å². The number of fused-ring (bicyclic) bond motifs is 1. The second-order valence-electron chi connectivity index (χ2n) is 3.80. The lowest BCUT2D eigenvalue weighted by atomic mass is 10.5. The van der Waals surface area contributed by atoms with Gasteiger partial charge < -0.3 is 9.72 Å². The lowest BCUT2D eigenvalue weighted by molar-refractivity contribution is 0.674. The Hall–Kier alpha value is -0.910. The van der Waals surface area contributed by atoms with Crippen molar-refractivity contribution in [3.63, 3.8) is 0 Å². The van der Waals surface area contributed by atoms with Crippen LogP contribution in [0.25, 0.3) is 5.65 Å². The molecule has 1 unspecified atom stereocenters. The number of pyridine rings is 1. The van der Waals surface area contributed by atoms with E-state index in [9.17, 15) is 4.21 Å². The molecule has 2 aromatic heterocycles. The van der Waals surface area contributed by atoms with Gasteiger partial charge in [-0.3, -0.25) is 4.21 Å². The van der Waals surface area contributed by atoms with Gasteiger partial charge in [-0.1, -0.05) is 11.6 Å². The van der Waals surface area contributed by atoms with Crippen LogP contribution in [0.15, 0.2) is 24.5 Å². The van der Waals surface area contributed by atoms with Crippen LogP contribution in [-0.2, 0) is 17.3 Å². The van der Waals surface area contributed by atoms with Gasteiger partial charge in [-0.05, 0) is 12.1 Å². The minimum Gasteiger partial charge on any atom is -0.310 e. The van der Waals surface area contributed by atoms with E-state index in [-0.39, 0.29) is 0 Å². The number of aromatic nitrogens is 2. The van der Waals surface area contributed by atoms with Gasteiger partial charge in [0.05, 0.1) is 10.7 Å². The number of rotatable bonds is 5. The SMILES string of the molecule is CS(=O)CCNCc1cn2cc(Cl)ccc2n1. The lowest BCUT2D eigenvalue weighted by Crippen LogP contribution is -2.19. The summed E-state index contributed by atoms with van der Waals surface area (Å²) in [7, 11) is -0.747. The van der Waals surface area contributed by atoms with E-state index in [2.05, 4.69) is 10.3 Å². The van der Waals surface area contributed by atoms with E-state index in [1.165, 1.54) is 0 Å². The maximum atomic E-state index is 10.9. The standard InChI is InChI=1S/C11H14ClN3OS/c1-17(16)5-4-13-6-10-8-15-7-9(12)2-3-11(15)14-10/h2-3,7-8,13H,4-6H2,1H3. The van der Waals surface area contributed by atoms with Crippen molar-refractivity contribution in [3.8, 4) is 0 Å². The second kappa shape index (κ2) is 5.62.